The molecule has 0 atom stereocenters. The highest BCUT2D eigenvalue weighted by molar-refractivity contribution is 6.35. The molecule has 0 spiro atoms. The first-order valence-electron chi connectivity index (χ1n) is 9.60. The molecule has 3 rings (SSSR count). The van der Waals surface area contributed by atoms with Crippen molar-refractivity contribution in [2.24, 2.45) is 0 Å². The number of hydrogen-bond donors (Lipinski definition) is 0. The lowest BCUT2D eigenvalue weighted by molar-refractivity contribution is 0.0526. The van der Waals surface area contributed by atoms with Gasteiger partial charge in [0.05, 0.1) is 31.4 Å². The molecule has 0 fully saturated rings. The summed E-state index contributed by atoms with van der Waals surface area (Å²) in [5.74, 6) is -0.229. The van der Waals surface area contributed by atoms with Crippen LogP contribution in [-0.4, -0.2) is 25.6 Å². The first-order chi connectivity index (χ1) is 14.9. The van der Waals surface area contributed by atoms with Crippen LogP contribution in [0, 0.1) is 0 Å². The van der Waals surface area contributed by atoms with Gasteiger partial charge in [0.25, 0.3) is 5.91 Å². The molecule has 3 aromatic carbocycles. The predicted molar refractivity (Wildman–Crippen MR) is 122 cm³/mol. The van der Waals surface area contributed by atoms with Gasteiger partial charge in [0.2, 0.25) is 0 Å². The number of rotatable bonds is 7. The summed E-state index contributed by atoms with van der Waals surface area (Å²) in [6, 6.07) is 18.8. The van der Waals surface area contributed by atoms with Crippen molar-refractivity contribution < 1.29 is 19.1 Å². The van der Waals surface area contributed by atoms with E-state index in [4.69, 9.17) is 32.7 Å². The van der Waals surface area contributed by atoms with E-state index in [0.717, 1.165) is 5.56 Å². The fraction of sp³-hybridized carbons (Fsp3) is 0.167. The Morgan fingerprint density at radius 2 is 1.68 bits per heavy atom. The maximum absolute atomic E-state index is 13.5. The Morgan fingerprint density at radius 1 is 0.968 bits per heavy atom. The summed E-state index contributed by atoms with van der Waals surface area (Å²) in [7, 11) is 1.51. The molecule has 160 valence electrons. The molecule has 5 nitrogen and oxygen atoms in total. The highest BCUT2D eigenvalue weighted by Gasteiger charge is 2.22. The molecule has 0 bridgehead atoms. The molecule has 31 heavy (non-hydrogen) atoms. The zero-order valence-electron chi connectivity index (χ0n) is 17.1. The summed E-state index contributed by atoms with van der Waals surface area (Å²) in [5.41, 5.74) is 2.13. The summed E-state index contributed by atoms with van der Waals surface area (Å²) in [4.78, 5) is 27.1. The number of carbonyl (C=O) groups is 2. The molecule has 0 aliphatic carbocycles. The van der Waals surface area contributed by atoms with E-state index < -0.39 is 5.97 Å². The molecule has 1 amide bonds. The van der Waals surface area contributed by atoms with Gasteiger partial charge >= 0.3 is 5.97 Å². The average molecular weight is 458 g/mol. The third-order valence-corrected chi connectivity index (χ3v) is 5.20. The van der Waals surface area contributed by atoms with Crippen LogP contribution in [0.5, 0.6) is 5.75 Å². The van der Waals surface area contributed by atoms with Crippen LogP contribution < -0.4 is 9.64 Å². The molecule has 7 heteroatoms. The number of hydrogen-bond acceptors (Lipinski definition) is 4. The lowest BCUT2D eigenvalue weighted by Crippen LogP contribution is -2.31. The number of halogens is 2. The molecule has 0 heterocycles. The minimum Gasteiger partial charge on any atom is -0.496 e. The summed E-state index contributed by atoms with van der Waals surface area (Å²) in [5, 5.41) is 0.962. The molecule has 0 aliphatic rings. The highest BCUT2D eigenvalue weighted by atomic mass is 35.5. The third kappa shape index (κ3) is 5.37. The SMILES string of the molecule is CCOC(=O)c1ccc(N(Cc2ccc(Cl)cc2Cl)C(=O)c2ccccc2OC)cc1. The fourth-order valence-corrected chi connectivity index (χ4v) is 3.53. The van der Waals surface area contributed by atoms with Crippen molar-refractivity contribution in [3.05, 3.63) is 93.5 Å². The van der Waals surface area contributed by atoms with Gasteiger partial charge in [-0.05, 0) is 61.0 Å². The van der Waals surface area contributed by atoms with Crippen LogP contribution in [0.2, 0.25) is 10.0 Å². The minimum absolute atomic E-state index is 0.200. The van der Waals surface area contributed by atoms with E-state index in [1.807, 2.05) is 0 Å². The molecule has 0 aromatic heterocycles. The Labute approximate surface area is 191 Å². The molecule has 0 radical (unpaired) electrons. The van der Waals surface area contributed by atoms with E-state index in [2.05, 4.69) is 0 Å². The second kappa shape index (κ2) is 10.3. The van der Waals surface area contributed by atoms with E-state index in [1.54, 1.807) is 78.6 Å². The molecule has 0 aliphatic heterocycles. The number of methoxy groups -OCH3 is 1. The summed E-state index contributed by atoms with van der Waals surface area (Å²) in [6.07, 6.45) is 0. The van der Waals surface area contributed by atoms with Crippen LogP contribution in [0.1, 0.15) is 33.2 Å². The molecule has 0 unspecified atom stereocenters. The highest BCUT2D eigenvalue weighted by Crippen LogP contribution is 2.28. The Morgan fingerprint density at radius 3 is 2.32 bits per heavy atom. The zero-order chi connectivity index (χ0) is 22.4. The van der Waals surface area contributed by atoms with Gasteiger partial charge in [0.1, 0.15) is 5.75 Å². The van der Waals surface area contributed by atoms with E-state index >= 15 is 0 Å². The van der Waals surface area contributed by atoms with E-state index in [-0.39, 0.29) is 19.1 Å². The topological polar surface area (TPSA) is 55.8 Å². The second-order valence-corrected chi connectivity index (χ2v) is 7.44. The Bertz CT molecular complexity index is 1080. The lowest BCUT2D eigenvalue weighted by Gasteiger charge is -2.24. The number of benzene rings is 3. The van der Waals surface area contributed by atoms with Gasteiger partial charge in [0.15, 0.2) is 0 Å². The molecular formula is C24H21Cl2NO4. The molecular weight excluding hydrogens is 437 g/mol. The number of carbonyl (C=O) groups excluding carboxylic acids is 2. The largest absolute Gasteiger partial charge is 0.496 e. The van der Waals surface area contributed by atoms with Gasteiger partial charge in [-0.1, -0.05) is 41.4 Å². The Kier molecular flexibility index (Phi) is 7.55. The van der Waals surface area contributed by atoms with Crippen LogP contribution >= 0.6 is 23.2 Å². The van der Waals surface area contributed by atoms with E-state index in [9.17, 15) is 9.59 Å². The summed E-state index contributed by atoms with van der Waals surface area (Å²) >= 11 is 12.4. The summed E-state index contributed by atoms with van der Waals surface area (Å²) < 4.78 is 10.4. The number of esters is 1. The first-order valence-corrected chi connectivity index (χ1v) is 10.4. The monoisotopic (exact) mass is 457 g/mol. The van der Waals surface area contributed by atoms with Crippen LogP contribution in [0.15, 0.2) is 66.7 Å². The first kappa shape index (κ1) is 22.7. The number of anilines is 1. The minimum atomic E-state index is -0.419. The standard InChI is InChI=1S/C24H21Cl2NO4/c1-3-31-24(29)16-9-12-19(13-10-16)27(15-17-8-11-18(25)14-21(17)26)23(28)20-6-4-5-7-22(20)30-2/h4-14H,3,15H2,1-2H3. The van der Waals surface area contributed by atoms with Crippen LogP contribution in [-0.2, 0) is 11.3 Å². The van der Waals surface area contributed by atoms with Crippen molar-refractivity contribution in [3.63, 3.8) is 0 Å². The lowest BCUT2D eigenvalue weighted by atomic mass is 10.1. The van der Waals surface area contributed by atoms with Crippen LogP contribution in [0.25, 0.3) is 0 Å². The normalized spacial score (nSPS) is 10.5. The van der Waals surface area contributed by atoms with Gasteiger partial charge < -0.3 is 14.4 Å². The van der Waals surface area contributed by atoms with Gasteiger partial charge in [-0.25, -0.2) is 4.79 Å². The van der Waals surface area contributed by atoms with Crippen molar-refractivity contribution in [2.75, 3.05) is 18.6 Å². The number of nitrogens with zero attached hydrogens (tertiary/aromatic N) is 1. The van der Waals surface area contributed by atoms with Gasteiger partial charge in [-0.15, -0.1) is 0 Å². The van der Waals surface area contributed by atoms with Crippen molar-refractivity contribution in [1.29, 1.82) is 0 Å². The maximum Gasteiger partial charge on any atom is 0.338 e. The van der Waals surface area contributed by atoms with Crippen molar-refractivity contribution in [2.45, 2.75) is 13.5 Å². The Hall–Kier alpha value is -3.02. The van der Waals surface area contributed by atoms with Crippen LogP contribution in [0.4, 0.5) is 5.69 Å². The zero-order valence-corrected chi connectivity index (χ0v) is 18.6. The van der Waals surface area contributed by atoms with Crippen molar-refractivity contribution in [3.8, 4) is 5.75 Å². The van der Waals surface area contributed by atoms with Crippen molar-refractivity contribution >= 4 is 40.8 Å². The van der Waals surface area contributed by atoms with E-state index in [1.165, 1.54) is 7.11 Å². The maximum atomic E-state index is 13.5. The smallest absolute Gasteiger partial charge is 0.338 e. The number of ether oxygens (including phenoxy) is 2. The van der Waals surface area contributed by atoms with Gasteiger partial charge in [-0.3, -0.25) is 4.79 Å². The third-order valence-electron chi connectivity index (χ3n) is 4.62. The molecule has 0 saturated heterocycles. The molecule has 0 N–H and O–H groups in total. The summed E-state index contributed by atoms with van der Waals surface area (Å²) in [6.45, 7) is 2.23. The quantitative estimate of drug-likeness (QED) is 0.406. The second-order valence-electron chi connectivity index (χ2n) is 6.59. The Balaban J connectivity index is 2.01. The van der Waals surface area contributed by atoms with Crippen molar-refractivity contribution in [1.82, 2.24) is 0 Å². The number of para-hydroxylation sites is 1. The van der Waals surface area contributed by atoms with Gasteiger partial charge in [-0.2, -0.15) is 0 Å². The van der Waals surface area contributed by atoms with Gasteiger partial charge in [0, 0.05) is 15.7 Å². The number of amides is 1. The fourth-order valence-electron chi connectivity index (χ4n) is 3.06. The molecule has 3 aromatic rings. The molecule has 0 saturated carbocycles. The predicted octanol–water partition coefficient (Wildman–Crippen LogP) is 6.03. The van der Waals surface area contributed by atoms with Crippen LogP contribution in [0.3, 0.4) is 0 Å². The average Bonchev–Trinajstić information content (AvgIpc) is 2.78. The van der Waals surface area contributed by atoms with E-state index in [0.29, 0.717) is 32.6 Å².